The highest BCUT2D eigenvalue weighted by Crippen LogP contribution is 2.34. The van der Waals surface area contributed by atoms with Gasteiger partial charge in [0.2, 0.25) is 0 Å². The number of nitrogens with zero attached hydrogens (tertiary/aromatic N) is 1. The van der Waals surface area contributed by atoms with Gasteiger partial charge in [-0.05, 0) is 36.0 Å². The van der Waals surface area contributed by atoms with Gasteiger partial charge in [0.15, 0.2) is 0 Å². The standard InChI is InChI=1S/C9H17N.C9H20.CH4/c1-7(2)9(5,6-10)8(3)4;1-7(2)9(5,6)8(3)4;/h7-8H,1-5H3;7-8H,1-6H3;1H4. The van der Waals surface area contributed by atoms with Gasteiger partial charge in [0.1, 0.15) is 0 Å². The van der Waals surface area contributed by atoms with Crippen molar-refractivity contribution in [2.45, 2.75) is 83.6 Å². The monoisotopic (exact) mass is 283 g/mol. The smallest absolute Gasteiger partial charge is 0.0692 e. The molecule has 0 bridgehead atoms. The van der Waals surface area contributed by atoms with Gasteiger partial charge in [0.05, 0.1) is 11.5 Å². The van der Waals surface area contributed by atoms with E-state index in [0.717, 1.165) is 11.8 Å². The van der Waals surface area contributed by atoms with Gasteiger partial charge >= 0.3 is 0 Å². The van der Waals surface area contributed by atoms with Gasteiger partial charge in [-0.15, -0.1) is 0 Å². The maximum absolute atomic E-state index is 8.88. The van der Waals surface area contributed by atoms with Crippen LogP contribution >= 0.6 is 0 Å². The van der Waals surface area contributed by atoms with Crippen molar-refractivity contribution in [1.82, 2.24) is 0 Å². The molecule has 1 nitrogen and oxygen atoms in total. The Morgan fingerprint density at radius 2 is 0.900 bits per heavy atom. The lowest BCUT2D eigenvalue weighted by atomic mass is 9.72. The van der Waals surface area contributed by atoms with Crippen LogP contribution in [-0.4, -0.2) is 0 Å². The first kappa shape index (κ1) is 24.5. The Morgan fingerprint density at radius 1 is 0.650 bits per heavy atom. The Labute approximate surface area is 130 Å². The lowest BCUT2D eigenvalue weighted by Gasteiger charge is -2.33. The second kappa shape index (κ2) is 9.43. The fourth-order valence-corrected chi connectivity index (χ4v) is 1.59. The SMILES string of the molecule is C.CC(C)C(C)(C#N)C(C)C.CC(C)C(C)(C)C(C)C. The van der Waals surface area contributed by atoms with Crippen LogP contribution in [0.25, 0.3) is 0 Å². The molecule has 0 heterocycles. The summed E-state index contributed by atoms with van der Waals surface area (Å²) in [6.07, 6.45) is 0. The van der Waals surface area contributed by atoms with E-state index in [1.165, 1.54) is 0 Å². The summed E-state index contributed by atoms with van der Waals surface area (Å²) in [6, 6.07) is 2.38. The molecule has 122 valence electrons. The molecule has 0 N–H and O–H groups in total. The van der Waals surface area contributed by atoms with Gasteiger partial charge in [-0.25, -0.2) is 0 Å². The zero-order valence-corrected chi connectivity index (χ0v) is 15.3. The molecule has 20 heavy (non-hydrogen) atoms. The fourth-order valence-electron chi connectivity index (χ4n) is 1.59. The molecule has 0 aromatic heterocycles. The molecule has 0 atom stereocenters. The number of rotatable bonds is 4. The molecule has 0 saturated heterocycles. The average molecular weight is 284 g/mol. The van der Waals surface area contributed by atoms with Crippen molar-refractivity contribution >= 4 is 0 Å². The second-order valence-corrected chi connectivity index (χ2v) is 7.83. The van der Waals surface area contributed by atoms with Gasteiger partial charge in [0, 0.05) is 0 Å². The zero-order chi connectivity index (χ0) is 16.0. The van der Waals surface area contributed by atoms with Crippen LogP contribution < -0.4 is 0 Å². The molecule has 0 spiro atoms. The van der Waals surface area contributed by atoms with E-state index in [0.29, 0.717) is 17.3 Å². The van der Waals surface area contributed by atoms with Crippen LogP contribution in [-0.2, 0) is 0 Å². The highest BCUT2D eigenvalue weighted by molar-refractivity contribution is 4.99. The molecule has 0 rings (SSSR count). The van der Waals surface area contributed by atoms with Crippen LogP contribution in [0, 0.1) is 45.8 Å². The molecule has 0 aromatic rings. The summed E-state index contributed by atoms with van der Waals surface area (Å²) in [6.45, 7) is 24.3. The molecule has 1 heteroatoms. The molecule has 0 fully saturated rings. The molecule has 0 radical (unpaired) electrons. The van der Waals surface area contributed by atoms with Crippen LogP contribution in [0.3, 0.4) is 0 Å². The maximum atomic E-state index is 8.88. The quantitative estimate of drug-likeness (QED) is 0.557. The minimum atomic E-state index is -0.153. The van der Waals surface area contributed by atoms with Gasteiger partial charge in [-0.2, -0.15) is 5.26 Å². The third kappa shape index (κ3) is 6.78. The summed E-state index contributed by atoms with van der Waals surface area (Å²) in [4.78, 5) is 0. The van der Waals surface area contributed by atoms with Gasteiger partial charge < -0.3 is 0 Å². The first-order valence-corrected chi connectivity index (χ1v) is 7.75. The minimum Gasteiger partial charge on any atom is -0.198 e. The van der Waals surface area contributed by atoms with E-state index in [-0.39, 0.29) is 12.8 Å². The largest absolute Gasteiger partial charge is 0.198 e. The number of hydrogen-bond acceptors (Lipinski definition) is 1. The highest BCUT2D eigenvalue weighted by atomic mass is 14.4. The van der Waals surface area contributed by atoms with Crippen molar-refractivity contribution in [2.75, 3.05) is 0 Å². The molecule has 0 saturated carbocycles. The van der Waals surface area contributed by atoms with Crippen molar-refractivity contribution in [3.63, 3.8) is 0 Å². The van der Waals surface area contributed by atoms with E-state index >= 15 is 0 Å². The predicted molar refractivity (Wildman–Crippen MR) is 93.6 cm³/mol. The van der Waals surface area contributed by atoms with Crippen molar-refractivity contribution in [3.05, 3.63) is 0 Å². The van der Waals surface area contributed by atoms with Gasteiger partial charge in [0.25, 0.3) is 0 Å². The molecular formula is C19H41N. The zero-order valence-electron chi connectivity index (χ0n) is 15.3. The van der Waals surface area contributed by atoms with Gasteiger partial charge in [-0.1, -0.05) is 76.7 Å². The lowest BCUT2D eigenvalue weighted by Crippen LogP contribution is -2.27. The lowest BCUT2D eigenvalue weighted by molar-refractivity contribution is 0.165. The van der Waals surface area contributed by atoms with E-state index < -0.39 is 0 Å². The highest BCUT2D eigenvalue weighted by Gasteiger charge is 2.31. The van der Waals surface area contributed by atoms with Crippen molar-refractivity contribution in [3.8, 4) is 6.07 Å². The van der Waals surface area contributed by atoms with Crippen molar-refractivity contribution in [1.29, 1.82) is 5.26 Å². The maximum Gasteiger partial charge on any atom is 0.0692 e. The first-order chi connectivity index (χ1) is 8.33. The number of hydrogen-bond donors (Lipinski definition) is 0. The summed E-state index contributed by atoms with van der Waals surface area (Å²) in [5.41, 5.74) is 0.347. The number of nitriles is 1. The molecule has 0 aliphatic carbocycles. The van der Waals surface area contributed by atoms with E-state index in [9.17, 15) is 0 Å². The van der Waals surface area contributed by atoms with Gasteiger partial charge in [-0.3, -0.25) is 0 Å². The summed E-state index contributed by atoms with van der Waals surface area (Å²) >= 11 is 0. The van der Waals surface area contributed by atoms with Crippen LogP contribution in [0.2, 0.25) is 0 Å². The molecule has 0 aliphatic heterocycles. The van der Waals surface area contributed by atoms with E-state index in [4.69, 9.17) is 5.26 Å². The molecule has 0 unspecified atom stereocenters. The Morgan fingerprint density at radius 3 is 0.900 bits per heavy atom. The first-order valence-electron chi connectivity index (χ1n) is 7.75. The minimum absolute atomic E-state index is 0. The predicted octanol–water partition coefficient (Wildman–Crippen LogP) is 6.79. The van der Waals surface area contributed by atoms with Crippen LogP contribution in [0.1, 0.15) is 83.6 Å². The normalized spacial score (nSPS) is 12.1. The van der Waals surface area contributed by atoms with E-state index in [2.05, 4.69) is 75.3 Å². The van der Waals surface area contributed by atoms with Crippen molar-refractivity contribution < 1.29 is 0 Å². The third-order valence-corrected chi connectivity index (χ3v) is 5.62. The molecule has 0 aromatic carbocycles. The summed E-state index contributed by atoms with van der Waals surface area (Å²) < 4.78 is 0. The second-order valence-electron chi connectivity index (χ2n) is 7.83. The summed E-state index contributed by atoms with van der Waals surface area (Å²) in [5, 5.41) is 8.88. The summed E-state index contributed by atoms with van der Waals surface area (Å²) in [7, 11) is 0. The van der Waals surface area contributed by atoms with Crippen molar-refractivity contribution in [2.24, 2.45) is 34.5 Å². The Balaban J connectivity index is -0.000000277. The Bertz CT molecular complexity index is 259. The van der Waals surface area contributed by atoms with E-state index in [1.54, 1.807) is 0 Å². The molecule has 0 aliphatic rings. The molecular weight excluding hydrogens is 242 g/mol. The van der Waals surface area contributed by atoms with Crippen LogP contribution in [0.15, 0.2) is 0 Å². The Kier molecular flexibility index (Phi) is 11.6. The van der Waals surface area contributed by atoms with Crippen LogP contribution in [0.4, 0.5) is 0 Å². The topological polar surface area (TPSA) is 23.8 Å². The fraction of sp³-hybridized carbons (Fsp3) is 0.947. The molecule has 0 amide bonds. The van der Waals surface area contributed by atoms with E-state index in [1.807, 2.05) is 6.92 Å². The van der Waals surface area contributed by atoms with Crippen LogP contribution in [0.5, 0.6) is 0 Å². The summed E-state index contributed by atoms with van der Waals surface area (Å²) in [5.74, 6) is 2.46. The average Bonchev–Trinajstić information content (AvgIpc) is 2.27. The Hall–Kier alpha value is -0.510. The third-order valence-electron chi connectivity index (χ3n) is 5.62.